The summed E-state index contributed by atoms with van der Waals surface area (Å²) in [4.78, 5) is 2.52. The van der Waals surface area contributed by atoms with Gasteiger partial charge in [-0.15, -0.1) is 0 Å². The lowest BCUT2D eigenvalue weighted by atomic mass is 9.80. The van der Waals surface area contributed by atoms with Crippen LogP contribution in [0.4, 0.5) is 0 Å². The smallest absolute Gasteiger partial charge is 0.0209 e. The van der Waals surface area contributed by atoms with Crippen molar-refractivity contribution in [3.63, 3.8) is 0 Å². The van der Waals surface area contributed by atoms with Crippen LogP contribution in [0.25, 0.3) is 0 Å². The lowest BCUT2D eigenvalue weighted by molar-refractivity contribution is 0.318. The van der Waals surface area contributed by atoms with E-state index in [1.165, 1.54) is 42.5 Å². The summed E-state index contributed by atoms with van der Waals surface area (Å²) in [6.07, 6.45) is 20.9. The highest BCUT2D eigenvalue weighted by atomic mass is 15.1. The molecule has 2 aliphatic carbocycles. The van der Waals surface area contributed by atoms with Crippen molar-refractivity contribution in [1.82, 2.24) is 4.90 Å². The van der Waals surface area contributed by atoms with Crippen LogP contribution >= 0.6 is 0 Å². The van der Waals surface area contributed by atoms with Crippen LogP contribution in [0.1, 0.15) is 66.2 Å². The first kappa shape index (κ1) is 21.8. The van der Waals surface area contributed by atoms with Gasteiger partial charge in [-0.2, -0.15) is 0 Å². The standard InChI is InChI=1S/C26H41N/c1-7-20(3)19-27(6)26-17-21(4)13-12-16-25(26)22(5)18-23(8-2)24-14-10-9-11-15-24/h9-12,14,16,20-21,23-24H,5,7-8,13,15,17-19H2,1-4,6H3. The largest absolute Gasteiger partial charge is 0.377 e. The number of hydrogen-bond donors (Lipinski definition) is 0. The number of allylic oxidation sites excluding steroid dienone is 9. The minimum Gasteiger partial charge on any atom is -0.377 e. The average molecular weight is 368 g/mol. The first-order chi connectivity index (χ1) is 13.0. The Morgan fingerprint density at radius 3 is 2.59 bits per heavy atom. The maximum absolute atomic E-state index is 4.58. The van der Waals surface area contributed by atoms with E-state index < -0.39 is 0 Å². The van der Waals surface area contributed by atoms with Crippen LogP contribution in [0.5, 0.6) is 0 Å². The highest BCUT2D eigenvalue weighted by molar-refractivity contribution is 5.43. The van der Waals surface area contributed by atoms with Crippen LogP contribution in [0.15, 0.2) is 59.9 Å². The molecule has 1 heteroatoms. The van der Waals surface area contributed by atoms with Gasteiger partial charge in [0.15, 0.2) is 0 Å². The number of hydrogen-bond acceptors (Lipinski definition) is 1. The summed E-state index contributed by atoms with van der Waals surface area (Å²) in [6.45, 7) is 15.1. The van der Waals surface area contributed by atoms with Crippen molar-refractivity contribution in [2.24, 2.45) is 23.7 Å². The summed E-state index contributed by atoms with van der Waals surface area (Å²) < 4.78 is 0. The fraction of sp³-hybridized carbons (Fsp3) is 0.615. The quantitative estimate of drug-likeness (QED) is 0.413. The molecule has 4 unspecified atom stereocenters. The molecule has 0 aliphatic heterocycles. The fourth-order valence-corrected chi connectivity index (χ4v) is 4.40. The third-order valence-electron chi connectivity index (χ3n) is 6.45. The molecule has 2 rings (SSSR count). The molecule has 0 saturated carbocycles. The molecule has 0 saturated heterocycles. The lowest BCUT2D eigenvalue weighted by Gasteiger charge is -2.30. The molecule has 0 radical (unpaired) electrons. The first-order valence-electron chi connectivity index (χ1n) is 11.1. The Morgan fingerprint density at radius 1 is 1.19 bits per heavy atom. The summed E-state index contributed by atoms with van der Waals surface area (Å²) in [6, 6.07) is 0. The van der Waals surface area contributed by atoms with Gasteiger partial charge in [0.05, 0.1) is 0 Å². The van der Waals surface area contributed by atoms with E-state index in [-0.39, 0.29) is 0 Å². The molecule has 0 aromatic heterocycles. The highest BCUT2D eigenvalue weighted by Crippen LogP contribution is 2.35. The van der Waals surface area contributed by atoms with E-state index in [1.807, 2.05) is 0 Å². The molecule has 0 spiro atoms. The SMILES string of the molecule is C=C(CC(CC)C1C=CC=CC1)C1=C(N(C)CC(C)CC)CC(C)CC=C1. The summed E-state index contributed by atoms with van der Waals surface area (Å²) in [5, 5.41) is 0. The second-order valence-electron chi connectivity index (χ2n) is 8.89. The molecule has 150 valence electrons. The third-order valence-corrected chi connectivity index (χ3v) is 6.45. The molecule has 0 aromatic rings. The van der Waals surface area contributed by atoms with Gasteiger partial charge in [-0.25, -0.2) is 0 Å². The van der Waals surface area contributed by atoms with E-state index >= 15 is 0 Å². The van der Waals surface area contributed by atoms with Crippen LogP contribution < -0.4 is 0 Å². The van der Waals surface area contributed by atoms with Crippen molar-refractivity contribution in [1.29, 1.82) is 0 Å². The lowest BCUT2D eigenvalue weighted by Crippen LogP contribution is -2.26. The predicted octanol–water partition coefficient (Wildman–Crippen LogP) is 7.31. The van der Waals surface area contributed by atoms with Gasteiger partial charge in [0.25, 0.3) is 0 Å². The van der Waals surface area contributed by atoms with Gasteiger partial charge in [0.1, 0.15) is 0 Å². The van der Waals surface area contributed by atoms with Gasteiger partial charge in [0.2, 0.25) is 0 Å². The van der Waals surface area contributed by atoms with Crippen molar-refractivity contribution in [2.75, 3.05) is 13.6 Å². The Labute approximate surface area is 168 Å². The van der Waals surface area contributed by atoms with E-state index in [9.17, 15) is 0 Å². The zero-order valence-corrected chi connectivity index (χ0v) is 18.4. The number of nitrogens with zero attached hydrogens (tertiary/aromatic N) is 1. The molecule has 0 heterocycles. The van der Waals surface area contributed by atoms with Crippen molar-refractivity contribution >= 4 is 0 Å². The topological polar surface area (TPSA) is 3.24 Å². The van der Waals surface area contributed by atoms with Crippen LogP contribution in [0.3, 0.4) is 0 Å². The number of rotatable bonds is 9. The molecule has 0 fully saturated rings. The molecule has 4 atom stereocenters. The van der Waals surface area contributed by atoms with Gasteiger partial charge < -0.3 is 4.90 Å². The van der Waals surface area contributed by atoms with Crippen LogP contribution in [0.2, 0.25) is 0 Å². The zero-order chi connectivity index (χ0) is 19.8. The van der Waals surface area contributed by atoms with Crippen molar-refractivity contribution in [3.05, 3.63) is 59.9 Å². The first-order valence-corrected chi connectivity index (χ1v) is 11.1. The molecule has 0 aromatic carbocycles. The maximum atomic E-state index is 4.58. The molecular formula is C26H41N. The molecule has 27 heavy (non-hydrogen) atoms. The molecule has 0 N–H and O–H groups in total. The third kappa shape index (κ3) is 6.26. The maximum Gasteiger partial charge on any atom is 0.0209 e. The minimum absolute atomic E-state index is 0.660. The van der Waals surface area contributed by atoms with E-state index in [4.69, 9.17) is 0 Å². The Morgan fingerprint density at radius 2 is 1.96 bits per heavy atom. The van der Waals surface area contributed by atoms with Crippen molar-refractivity contribution in [2.45, 2.75) is 66.2 Å². The van der Waals surface area contributed by atoms with E-state index in [0.29, 0.717) is 17.8 Å². The molecule has 0 amide bonds. The molecule has 1 nitrogen and oxygen atoms in total. The molecule has 2 aliphatic rings. The van der Waals surface area contributed by atoms with Crippen molar-refractivity contribution < 1.29 is 0 Å². The van der Waals surface area contributed by atoms with Crippen LogP contribution in [0, 0.1) is 23.7 Å². The zero-order valence-electron chi connectivity index (χ0n) is 18.4. The van der Waals surface area contributed by atoms with Crippen LogP contribution in [-0.2, 0) is 0 Å². The predicted molar refractivity (Wildman–Crippen MR) is 121 cm³/mol. The monoisotopic (exact) mass is 367 g/mol. The highest BCUT2D eigenvalue weighted by Gasteiger charge is 2.23. The van der Waals surface area contributed by atoms with E-state index in [0.717, 1.165) is 25.3 Å². The van der Waals surface area contributed by atoms with Gasteiger partial charge in [-0.3, -0.25) is 0 Å². The second-order valence-corrected chi connectivity index (χ2v) is 8.89. The summed E-state index contributed by atoms with van der Waals surface area (Å²) in [5.74, 6) is 2.77. The Bertz CT molecular complexity index is 604. The summed E-state index contributed by atoms with van der Waals surface area (Å²) in [7, 11) is 2.28. The molecule has 0 bridgehead atoms. The second kappa shape index (κ2) is 10.7. The Kier molecular flexibility index (Phi) is 8.67. The summed E-state index contributed by atoms with van der Waals surface area (Å²) >= 11 is 0. The molecular weight excluding hydrogens is 326 g/mol. The van der Waals surface area contributed by atoms with Gasteiger partial charge in [-0.1, -0.05) is 83.6 Å². The van der Waals surface area contributed by atoms with E-state index in [2.05, 4.69) is 82.7 Å². The minimum atomic E-state index is 0.660. The van der Waals surface area contributed by atoms with Crippen molar-refractivity contribution in [3.8, 4) is 0 Å². The normalized spacial score (nSPS) is 24.6. The van der Waals surface area contributed by atoms with Gasteiger partial charge >= 0.3 is 0 Å². The van der Waals surface area contributed by atoms with Gasteiger partial charge in [0, 0.05) is 19.3 Å². The fourth-order valence-electron chi connectivity index (χ4n) is 4.40. The van der Waals surface area contributed by atoms with Gasteiger partial charge in [-0.05, 0) is 60.5 Å². The average Bonchev–Trinajstić information content (AvgIpc) is 2.88. The Hall–Kier alpha value is -1.50. The Balaban J connectivity index is 2.21. The van der Waals surface area contributed by atoms with E-state index in [1.54, 1.807) is 0 Å². The van der Waals surface area contributed by atoms with Crippen LogP contribution in [-0.4, -0.2) is 18.5 Å². The summed E-state index contributed by atoms with van der Waals surface area (Å²) in [5.41, 5.74) is 4.26.